The van der Waals surface area contributed by atoms with Gasteiger partial charge in [-0.2, -0.15) is 31.4 Å². The summed E-state index contributed by atoms with van der Waals surface area (Å²) in [6, 6.07) is 12.1. The van der Waals surface area contributed by atoms with Crippen molar-refractivity contribution in [3.05, 3.63) is 81.6 Å². The number of benzene rings is 2. The average Bonchev–Trinajstić information content (AvgIpc) is 3.38. The SMILES string of the molecule is NC(c1cccc(Cl)c1)c1nc2ccc(-c3cn[nH]c3)cc2c(=O)[nH]1.O=C(O)C(F)(F)F.O=C(O)C(F)(F)F. The Morgan fingerprint density at radius 2 is 1.54 bits per heavy atom. The largest absolute Gasteiger partial charge is 0.490 e. The minimum absolute atomic E-state index is 0.233. The van der Waals surface area contributed by atoms with E-state index in [4.69, 9.17) is 37.1 Å². The Kier molecular flexibility index (Phi) is 9.79. The van der Waals surface area contributed by atoms with Gasteiger partial charge in [0.1, 0.15) is 5.82 Å². The van der Waals surface area contributed by atoms with E-state index in [1.54, 1.807) is 36.7 Å². The third-order valence-electron chi connectivity index (χ3n) is 4.54. The highest BCUT2D eigenvalue weighted by Gasteiger charge is 2.38. The van der Waals surface area contributed by atoms with Crippen LogP contribution in [0.25, 0.3) is 22.0 Å². The number of hydrogen-bond acceptors (Lipinski definition) is 6. The summed E-state index contributed by atoms with van der Waals surface area (Å²) in [5.74, 6) is -5.11. The van der Waals surface area contributed by atoms with Crippen LogP contribution < -0.4 is 11.3 Å². The van der Waals surface area contributed by atoms with E-state index in [-0.39, 0.29) is 5.56 Å². The molecule has 0 saturated heterocycles. The van der Waals surface area contributed by atoms with Crippen molar-refractivity contribution in [3.8, 4) is 11.1 Å². The molecule has 0 aliphatic carbocycles. The second-order valence-corrected chi connectivity index (χ2v) is 7.75. The second-order valence-electron chi connectivity index (χ2n) is 7.31. The number of fused-ring (bicyclic) bond motifs is 1. The van der Waals surface area contributed by atoms with Crippen LogP contribution in [0.2, 0.25) is 5.02 Å². The lowest BCUT2D eigenvalue weighted by molar-refractivity contribution is -0.193. The van der Waals surface area contributed by atoms with Gasteiger partial charge < -0.3 is 20.9 Å². The van der Waals surface area contributed by atoms with Gasteiger partial charge in [0.05, 0.1) is 23.1 Å². The third kappa shape index (κ3) is 8.82. The molecule has 6 N–H and O–H groups in total. The van der Waals surface area contributed by atoms with Crippen LogP contribution in [-0.2, 0) is 9.59 Å². The highest BCUT2D eigenvalue weighted by atomic mass is 35.5. The molecule has 0 aliphatic rings. The normalized spacial score (nSPS) is 12.0. The first kappa shape index (κ1) is 30.8. The molecular weight excluding hydrogens is 564 g/mol. The van der Waals surface area contributed by atoms with Gasteiger partial charge in [-0.1, -0.05) is 29.8 Å². The number of nitrogens with zero attached hydrogens (tertiary/aromatic N) is 2. The summed E-state index contributed by atoms with van der Waals surface area (Å²) < 4.78 is 63.5. The van der Waals surface area contributed by atoms with Crippen molar-refractivity contribution < 1.29 is 46.1 Å². The summed E-state index contributed by atoms with van der Waals surface area (Å²) >= 11 is 6.01. The number of aromatic amines is 2. The lowest BCUT2D eigenvalue weighted by Gasteiger charge is -2.12. The first-order valence-corrected chi connectivity index (χ1v) is 10.5. The predicted molar refractivity (Wildman–Crippen MR) is 125 cm³/mol. The van der Waals surface area contributed by atoms with Crippen LogP contribution in [0.15, 0.2) is 59.7 Å². The zero-order chi connectivity index (χ0) is 29.5. The smallest absolute Gasteiger partial charge is 0.475 e. The fourth-order valence-electron chi connectivity index (χ4n) is 2.75. The van der Waals surface area contributed by atoms with Gasteiger partial charge in [0.25, 0.3) is 5.56 Å². The van der Waals surface area contributed by atoms with Crippen molar-refractivity contribution >= 4 is 34.4 Å². The van der Waals surface area contributed by atoms with Crippen molar-refractivity contribution in [3.63, 3.8) is 0 Å². The molecule has 208 valence electrons. The average molecular weight is 580 g/mol. The molecule has 0 spiro atoms. The van der Waals surface area contributed by atoms with E-state index in [2.05, 4.69) is 20.2 Å². The number of rotatable bonds is 3. The molecule has 4 aromatic rings. The maximum atomic E-state index is 12.5. The fraction of sp³-hybridized carbons (Fsp3) is 0.136. The Bertz CT molecular complexity index is 1480. The minimum atomic E-state index is -5.08. The fourth-order valence-corrected chi connectivity index (χ4v) is 2.95. The lowest BCUT2D eigenvalue weighted by atomic mass is 10.1. The van der Waals surface area contributed by atoms with Gasteiger partial charge in [0.2, 0.25) is 0 Å². The monoisotopic (exact) mass is 579 g/mol. The number of carbonyl (C=O) groups is 2. The number of aliphatic carboxylic acids is 2. The number of nitrogens with one attached hydrogen (secondary N) is 2. The van der Waals surface area contributed by atoms with E-state index >= 15 is 0 Å². The van der Waals surface area contributed by atoms with Crippen LogP contribution in [0.3, 0.4) is 0 Å². The molecular formula is C22H16ClF6N5O5. The molecule has 2 heterocycles. The molecule has 0 radical (unpaired) electrons. The summed E-state index contributed by atoms with van der Waals surface area (Å²) in [5.41, 5.74) is 9.18. The summed E-state index contributed by atoms with van der Waals surface area (Å²) in [6.07, 6.45) is -6.70. The van der Waals surface area contributed by atoms with Crippen molar-refractivity contribution in [2.24, 2.45) is 5.73 Å². The van der Waals surface area contributed by atoms with Crippen molar-refractivity contribution in [2.75, 3.05) is 0 Å². The number of nitrogens with two attached hydrogens (primary N) is 1. The van der Waals surface area contributed by atoms with Crippen molar-refractivity contribution in [1.82, 2.24) is 20.2 Å². The van der Waals surface area contributed by atoms with E-state index < -0.39 is 30.3 Å². The second kappa shape index (κ2) is 12.4. The van der Waals surface area contributed by atoms with E-state index in [1.807, 2.05) is 18.2 Å². The van der Waals surface area contributed by atoms with Gasteiger partial charge in [-0.3, -0.25) is 9.89 Å². The molecule has 17 heteroatoms. The molecule has 4 rings (SSSR count). The molecule has 0 bridgehead atoms. The van der Waals surface area contributed by atoms with Gasteiger partial charge in [0, 0.05) is 16.8 Å². The highest BCUT2D eigenvalue weighted by molar-refractivity contribution is 6.30. The Morgan fingerprint density at radius 1 is 0.949 bits per heavy atom. The zero-order valence-corrected chi connectivity index (χ0v) is 19.8. The van der Waals surface area contributed by atoms with Crippen molar-refractivity contribution in [2.45, 2.75) is 18.4 Å². The topological polar surface area (TPSA) is 175 Å². The first-order chi connectivity index (χ1) is 18.0. The number of H-pyrrole nitrogens is 2. The van der Waals surface area contributed by atoms with Crippen LogP contribution in [0.4, 0.5) is 26.3 Å². The summed E-state index contributed by atoms with van der Waals surface area (Å²) in [4.78, 5) is 37.6. The molecule has 2 aromatic heterocycles. The Labute approximate surface area is 218 Å². The lowest BCUT2D eigenvalue weighted by Crippen LogP contribution is -2.21. The van der Waals surface area contributed by atoms with E-state index in [0.29, 0.717) is 21.7 Å². The van der Waals surface area contributed by atoms with Gasteiger partial charge >= 0.3 is 24.3 Å². The van der Waals surface area contributed by atoms with Crippen LogP contribution in [0, 0.1) is 0 Å². The number of carboxylic acid groups (broad SMARTS) is 2. The highest BCUT2D eigenvalue weighted by Crippen LogP contribution is 2.23. The van der Waals surface area contributed by atoms with Crippen molar-refractivity contribution in [1.29, 1.82) is 0 Å². The maximum Gasteiger partial charge on any atom is 0.490 e. The van der Waals surface area contributed by atoms with Gasteiger partial charge in [0.15, 0.2) is 0 Å². The predicted octanol–water partition coefficient (Wildman–Crippen LogP) is 4.28. The first-order valence-electron chi connectivity index (χ1n) is 10.1. The Hall–Kier alpha value is -4.44. The molecule has 0 amide bonds. The number of aromatic nitrogens is 4. The van der Waals surface area contributed by atoms with E-state index in [0.717, 1.165) is 16.7 Å². The van der Waals surface area contributed by atoms with E-state index in [1.165, 1.54) is 0 Å². The van der Waals surface area contributed by atoms with Crippen LogP contribution in [0.5, 0.6) is 0 Å². The molecule has 1 unspecified atom stereocenters. The standard InChI is InChI=1S/C18H14ClN5O.2C2HF3O2/c19-13-3-1-2-11(6-13)16(20)17-23-15-5-4-10(12-8-21-22-9-12)7-14(15)18(25)24-17;2*3-2(4,5)1(6)7/h1-9,16H,20H2,(H,21,22)(H,23,24,25);2*(H,6,7). The van der Waals surface area contributed by atoms with Gasteiger partial charge in [-0.05, 0) is 35.4 Å². The Morgan fingerprint density at radius 3 is 2.03 bits per heavy atom. The minimum Gasteiger partial charge on any atom is -0.475 e. The summed E-state index contributed by atoms with van der Waals surface area (Å²) in [5, 5.41) is 22.0. The number of alkyl halides is 6. The molecule has 0 aliphatic heterocycles. The quantitative estimate of drug-likeness (QED) is 0.223. The zero-order valence-electron chi connectivity index (χ0n) is 19.0. The Balaban J connectivity index is 0.000000317. The molecule has 10 nitrogen and oxygen atoms in total. The molecule has 39 heavy (non-hydrogen) atoms. The number of hydrogen-bond donors (Lipinski definition) is 5. The summed E-state index contributed by atoms with van der Waals surface area (Å²) in [7, 11) is 0. The molecule has 0 fully saturated rings. The third-order valence-corrected chi connectivity index (χ3v) is 4.78. The molecule has 2 aromatic carbocycles. The summed E-state index contributed by atoms with van der Waals surface area (Å²) in [6.45, 7) is 0. The number of carboxylic acids is 2. The van der Waals surface area contributed by atoms with Crippen LogP contribution >= 0.6 is 11.6 Å². The number of halogens is 7. The molecule has 1 atom stereocenters. The molecule has 0 saturated carbocycles. The maximum absolute atomic E-state index is 12.5. The van der Waals surface area contributed by atoms with E-state index in [9.17, 15) is 31.1 Å². The van der Waals surface area contributed by atoms with Gasteiger partial charge in [-0.15, -0.1) is 0 Å². The van der Waals surface area contributed by atoms with Crippen LogP contribution in [-0.4, -0.2) is 54.7 Å². The van der Waals surface area contributed by atoms with Crippen LogP contribution in [0.1, 0.15) is 17.4 Å². The van der Waals surface area contributed by atoms with Gasteiger partial charge in [-0.25, -0.2) is 14.6 Å².